The van der Waals surface area contributed by atoms with Gasteiger partial charge in [0.25, 0.3) is 0 Å². The van der Waals surface area contributed by atoms with E-state index in [1.807, 2.05) is 0 Å². The van der Waals surface area contributed by atoms with Crippen LogP contribution in [-0.2, 0) is 5.41 Å². The first-order chi connectivity index (χ1) is 32.3. The molecule has 0 N–H and O–H groups in total. The van der Waals surface area contributed by atoms with Crippen LogP contribution in [0.3, 0.4) is 0 Å². The van der Waals surface area contributed by atoms with Gasteiger partial charge in [-0.3, -0.25) is 0 Å². The molecule has 0 saturated carbocycles. The van der Waals surface area contributed by atoms with E-state index in [0.29, 0.717) is 0 Å². The summed E-state index contributed by atoms with van der Waals surface area (Å²) in [5, 5.41) is 4.84. The van der Waals surface area contributed by atoms with Gasteiger partial charge in [0.2, 0.25) is 0 Å². The number of benzene rings is 11. The summed E-state index contributed by atoms with van der Waals surface area (Å²) < 4.78 is 0. The van der Waals surface area contributed by atoms with Crippen molar-refractivity contribution in [2.45, 2.75) is 5.41 Å². The molecule has 0 heterocycles. The fraction of sp³-hybridized carbons (Fsp3) is 0.0159. The molecular formula is C63H42N2. The van der Waals surface area contributed by atoms with Crippen LogP contribution in [0.25, 0.3) is 54.9 Å². The molecule has 0 aliphatic heterocycles. The molecule has 11 aromatic carbocycles. The minimum absolute atomic E-state index is 0.663. The molecule has 13 rings (SSSR count). The van der Waals surface area contributed by atoms with Crippen molar-refractivity contribution < 1.29 is 0 Å². The second kappa shape index (κ2) is 14.8. The van der Waals surface area contributed by atoms with Gasteiger partial charge in [-0.1, -0.05) is 194 Å². The van der Waals surface area contributed by atoms with Crippen LogP contribution in [0.5, 0.6) is 0 Å². The zero-order chi connectivity index (χ0) is 42.9. The predicted octanol–water partition coefficient (Wildman–Crippen LogP) is 16.9. The summed E-state index contributed by atoms with van der Waals surface area (Å²) in [7, 11) is 0. The lowest BCUT2D eigenvalue weighted by Crippen LogP contribution is -2.29. The largest absolute Gasteiger partial charge is 0.310 e. The Hall–Kier alpha value is -8.46. The van der Waals surface area contributed by atoms with Gasteiger partial charge in [0, 0.05) is 33.5 Å². The van der Waals surface area contributed by atoms with E-state index in [-0.39, 0.29) is 0 Å². The van der Waals surface area contributed by atoms with E-state index in [1.165, 1.54) is 77.2 Å². The third kappa shape index (κ3) is 5.60. The van der Waals surface area contributed by atoms with Gasteiger partial charge < -0.3 is 9.80 Å². The Morgan fingerprint density at radius 3 is 1.20 bits per heavy atom. The average Bonchev–Trinajstić information content (AvgIpc) is 3.62. The zero-order valence-corrected chi connectivity index (χ0v) is 35.6. The van der Waals surface area contributed by atoms with Crippen LogP contribution in [0, 0.1) is 0 Å². The second-order valence-corrected chi connectivity index (χ2v) is 17.2. The summed E-state index contributed by atoms with van der Waals surface area (Å²) in [6, 6.07) is 94.2. The lowest BCUT2D eigenvalue weighted by molar-refractivity contribution is 0.775. The highest BCUT2D eigenvalue weighted by molar-refractivity contribution is 6.03. The highest BCUT2D eigenvalue weighted by atomic mass is 15.1. The standard InChI is InChI=1S/C63H42N2/c1-3-23-45(24-4-1)64(61-35-17-21-43-19-7-9-27-49(43)61)47-38-40-59-56(41-47)54-32-14-16-34-58(54)63(59)57-33-15-13-31-53(57)51-29-11-12-30-52(51)55-39-37-48(42-60(55)63)65(46-25-5-2-6-26-46)62-36-18-22-44-20-8-10-28-50(44)62/h1-42H. The maximum absolute atomic E-state index is 2.51. The number of hydrogen-bond acceptors (Lipinski definition) is 2. The molecule has 0 bridgehead atoms. The molecule has 0 saturated heterocycles. The normalized spacial score (nSPS) is 14.2. The fourth-order valence-electron chi connectivity index (χ4n) is 11.2. The van der Waals surface area contributed by atoms with Gasteiger partial charge in [0.05, 0.1) is 16.8 Å². The minimum Gasteiger partial charge on any atom is -0.310 e. The van der Waals surface area contributed by atoms with E-state index in [2.05, 4.69) is 265 Å². The minimum atomic E-state index is -0.663. The summed E-state index contributed by atoms with van der Waals surface area (Å²) in [5.41, 5.74) is 18.7. The van der Waals surface area contributed by atoms with Crippen molar-refractivity contribution in [1.82, 2.24) is 0 Å². The van der Waals surface area contributed by atoms with Gasteiger partial charge in [-0.05, 0) is 127 Å². The zero-order valence-electron chi connectivity index (χ0n) is 35.6. The van der Waals surface area contributed by atoms with E-state index >= 15 is 0 Å². The van der Waals surface area contributed by atoms with Crippen LogP contribution in [0.1, 0.15) is 22.3 Å². The molecule has 0 fully saturated rings. The third-order valence-corrected chi connectivity index (χ3v) is 13.8. The number of nitrogens with zero attached hydrogens (tertiary/aromatic N) is 2. The van der Waals surface area contributed by atoms with Crippen molar-refractivity contribution in [1.29, 1.82) is 0 Å². The SMILES string of the molecule is c1ccc(N(c2ccc3c(c2)-c2ccccc2C32c3ccccc3-c3ccccc3-c3ccc(N(c4ccccc4)c4cccc5ccccc45)cc32)c2cccc3ccccc23)cc1. The van der Waals surface area contributed by atoms with Gasteiger partial charge in [-0.15, -0.1) is 0 Å². The van der Waals surface area contributed by atoms with Crippen LogP contribution in [0.15, 0.2) is 255 Å². The third-order valence-electron chi connectivity index (χ3n) is 13.8. The van der Waals surface area contributed by atoms with Gasteiger partial charge in [0.1, 0.15) is 0 Å². The van der Waals surface area contributed by atoms with Crippen LogP contribution in [-0.4, -0.2) is 0 Å². The van der Waals surface area contributed by atoms with E-state index < -0.39 is 5.41 Å². The molecule has 1 spiro atoms. The maximum atomic E-state index is 2.51. The second-order valence-electron chi connectivity index (χ2n) is 17.2. The predicted molar refractivity (Wildman–Crippen MR) is 273 cm³/mol. The van der Waals surface area contributed by atoms with E-state index in [9.17, 15) is 0 Å². The molecule has 0 radical (unpaired) electrons. The molecule has 0 amide bonds. The van der Waals surface area contributed by atoms with Crippen LogP contribution in [0.2, 0.25) is 0 Å². The summed E-state index contributed by atoms with van der Waals surface area (Å²) >= 11 is 0. The molecule has 0 aromatic heterocycles. The molecule has 2 aliphatic carbocycles. The molecule has 304 valence electrons. The molecule has 11 aromatic rings. The summed E-state index contributed by atoms with van der Waals surface area (Å²) in [6.07, 6.45) is 0. The monoisotopic (exact) mass is 826 g/mol. The first-order valence-corrected chi connectivity index (χ1v) is 22.5. The number of hydrogen-bond donors (Lipinski definition) is 0. The Kier molecular flexibility index (Phi) is 8.47. The van der Waals surface area contributed by atoms with Crippen molar-refractivity contribution in [3.8, 4) is 33.4 Å². The van der Waals surface area contributed by atoms with Gasteiger partial charge in [-0.2, -0.15) is 0 Å². The van der Waals surface area contributed by atoms with Crippen molar-refractivity contribution in [2.75, 3.05) is 9.80 Å². The first kappa shape index (κ1) is 37.1. The van der Waals surface area contributed by atoms with Gasteiger partial charge in [-0.25, -0.2) is 0 Å². The molecule has 1 unspecified atom stereocenters. The van der Waals surface area contributed by atoms with Crippen LogP contribution in [0.4, 0.5) is 34.1 Å². The lowest BCUT2D eigenvalue weighted by atomic mass is 9.66. The molecular weight excluding hydrogens is 785 g/mol. The summed E-state index contributed by atoms with van der Waals surface area (Å²) in [6.45, 7) is 0. The lowest BCUT2D eigenvalue weighted by Gasteiger charge is -2.37. The molecule has 65 heavy (non-hydrogen) atoms. The highest BCUT2D eigenvalue weighted by Gasteiger charge is 2.50. The summed E-state index contributed by atoms with van der Waals surface area (Å²) in [4.78, 5) is 4.88. The Morgan fingerprint density at radius 1 is 0.231 bits per heavy atom. The molecule has 2 heteroatoms. The topological polar surface area (TPSA) is 6.48 Å². The molecule has 2 aliphatic rings. The van der Waals surface area contributed by atoms with Crippen LogP contribution < -0.4 is 9.80 Å². The summed E-state index contributed by atoms with van der Waals surface area (Å²) in [5.74, 6) is 0. The van der Waals surface area contributed by atoms with E-state index in [0.717, 1.165) is 34.1 Å². The van der Waals surface area contributed by atoms with Gasteiger partial charge >= 0.3 is 0 Å². The van der Waals surface area contributed by atoms with E-state index in [1.54, 1.807) is 0 Å². The van der Waals surface area contributed by atoms with Crippen molar-refractivity contribution >= 4 is 55.7 Å². The Balaban J connectivity index is 1.12. The van der Waals surface area contributed by atoms with Crippen molar-refractivity contribution in [2.24, 2.45) is 0 Å². The smallest absolute Gasteiger partial charge is 0.0726 e. The molecule has 2 nitrogen and oxygen atoms in total. The first-order valence-electron chi connectivity index (χ1n) is 22.5. The maximum Gasteiger partial charge on any atom is 0.0726 e. The molecule has 1 atom stereocenters. The van der Waals surface area contributed by atoms with Gasteiger partial charge in [0.15, 0.2) is 0 Å². The highest BCUT2D eigenvalue weighted by Crippen LogP contribution is 2.63. The fourth-order valence-corrected chi connectivity index (χ4v) is 11.2. The Labute approximate surface area is 379 Å². The average molecular weight is 827 g/mol. The van der Waals surface area contributed by atoms with Crippen molar-refractivity contribution in [3.63, 3.8) is 0 Å². The van der Waals surface area contributed by atoms with E-state index in [4.69, 9.17) is 0 Å². The number of rotatable bonds is 6. The van der Waals surface area contributed by atoms with Crippen molar-refractivity contribution in [3.05, 3.63) is 277 Å². The quantitative estimate of drug-likeness (QED) is 0.165. The Bertz CT molecular complexity index is 3620. The van der Waals surface area contributed by atoms with Crippen LogP contribution >= 0.6 is 0 Å². The number of anilines is 6. The number of fused-ring (bicyclic) bond motifs is 14. The number of para-hydroxylation sites is 2. The Morgan fingerprint density at radius 2 is 0.631 bits per heavy atom.